The Morgan fingerprint density at radius 3 is 2.45 bits per heavy atom. The average Bonchev–Trinajstić information content (AvgIpc) is 2.92. The monoisotopic (exact) mass is 297 g/mol. The molecule has 2 heterocycles. The minimum atomic E-state index is 0. The van der Waals surface area contributed by atoms with Crippen molar-refractivity contribution in [1.82, 2.24) is 19.6 Å². The molecular formula is C14H24ClN5. The minimum absolute atomic E-state index is 0. The van der Waals surface area contributed by atoms with Crippen molar-refractivity contribution in [3.63, 3.8) is 0 Å². The predicted octanol–water partition coefficient (Wildman–Crippen LogP) is 3.58. The van der Waals surface area contributed by atoms with E-state index in [0.717, 1.165) is 12.4 Å². The molecule has 0 aliphatic rings. The maximum Gasteiger partial charge on any atom is 0.151 e. The lowest BCUT2D eigenvalue weighted by Gasteiger charge is -2.11. The highest BCUT2D eigenvalue weighted by Crippen LogP contribution is 2.16. The fourth-order valence-electron chi connectivity index (χ4n) is 2.04. The Morgan fingerprint density at radius 1 is 1.20 bits per heavy atom. The van der Waals surface area contributed by atoms with Crippen LogP contribution in [0.25, 0.3) is 0 Å². The van der Waals surface area contributed by atoms with Gasteiger partial charge in [0.25, 0.3) is 0 Å². The lowest BCUT2D eigenvalue weighted by Crippen LogP contribution is -2.11. The van der Waals surface area contributed by atoms with Crippen LogP contribution in [0.15, 0.2) is 18.5 Å². The minimum Gasteiger partial charge on any atom is -0.363 e. The van der Waals surface area contributed by atoms with Crippen molar-refractivity contribution >= 4 is 18.2 Å². The van der Waals surface area contributed by atoms with Crippen LogP contribution in [0.1, 0.15) is 51.0 Å². The fraction of sp³-hybridized carbons (Fsp3) is 0.571. The van der Waals surface area contributed by atoms with Crippen LogP contribution in [-0.2, 0) is 6.54 Å². The van der Waals surface area contributed by atoms with E-state index in [0.29, 0.717) is 12.1 Å². The molecule has 0 saturated carbocycles. The summed E-state index contributed by atoms with van der Waals surface area (Å²) in [7, 11) is 0. The zero-order valence-electron chi connectivity index (χ0n) is 12.8. The smallest absolute Gasteiger partial charge is 0.151 e. The number of hydrogen-bond acceptors (Lipinski definition) is 3. The first kappa shape index (κ1) is 16.6. The lowest BCUT2D eigenvalue weighted by molar-refractivity contribution is 0.511. The molecule has 2 aromatic heterocycles. The molecule has 0 radical (unpaired) electrons. The average molecular weight is 298 g/mol. The van der Waals surface area contributed by atoms with Crippen LogP contribution in [0.2, 0.25) is 0 Å². The molecule has 0 bridgehead atoms. The number of aryl methyl sites for hydroxylation is 1. The summed E-state index contributed by atoms with van der Waals surface area (Å²) in [6, 6.07) is 2.80. The molecule has 2 rings (SSSR count). The van der Waals surface area contributed by atoms with Crippen molar-refractivity contribution in [2.24, 2.45) is 0 Å². The Hall–Kier alpha value is -1.49. The summed E-state index contributed by atoms with van der Waals surface area (Å²) in [5.41, 5.74) is 2.35. The Morgan fingerprint density at radius 2 is 1.90 bits per heavy atom. The second-order valence-electron chi connectivity index (χ2n) is 5.45. The maximum absolute atomic E-state index is 4.56. The van der Waals surface area contributed by atoms with Gasteiger partial charge < -0.3 is 5.32 Å². The third kappa shape index (κ3) is 3.54. The van der Waals surface area contributed by atoms with E-state index >= 15 is 0 Å². The van der Waals surface area contributed by atoms with E-state index in [1.54, 1.807) is 0 Å². The van der Waals surface area contributed by atoms with Crippen molar-refractivity contribution in [3.05, 3.63) is 29.7 Å². The van der Waals surface area contributed by atoms with Crippen molar-refractivity contribution < 1.29 is 0 Å². The number of nitrogens with zero attached hydrogens (tertiary/aromatic N) is 4. The first-order valence-electron chi connectivity index (χ1n) is 6.81. The zero-order chi connectivity index (χ0) is 14.0. The molecule has 1 N–H and O–H groups in total. The summed E-state index contributed by atoms with van der Waals surface area (Å²) in [5.74, 6) is 0.949. The molecule has 5 nitrogen and oxygen atoms in total. The Labute approximate surface area is 126 Å². The molecule has 0 unspecified atom stereocenters. The molecule has 20 heavy (non-hydrogen) atoms. The summed E-state index contributed by atoms with van der Waals surface area (Å²) in [6.45, 7) is 11.3. The summed E-state index contributed by atoms with van der Waals surface area (Å²) < 4.78 is 4.01. The normalized spacial score (nSPS) is 10.9. The van der Waals surface area contributed by atoms with Crippen LogP contribution >= 0.6 is 12.4 Å². The second-order valence-corrected chi connectivity index (χ2v) is 5.45. The third-order valence-corrected chi connectivity index (χ3v) is 3.12. The van der Waals surface area contributed by atoms with Crippen LogP contribution in [0.3, 0.4) is 0 Å². The highest BCUT2D eigenvalue weighted by atomic mass is 35.5. The maximum atomic E-state index is 4.56. The van der Waals surface area contributed by atoms with Gasteiger partial charge in [-0.2, -0.15) is 10.2 Å². The molecule has 0 aliphatic heterocycles. The number of halogens is 1. The van der Waals surface area contributed by atoms with Crippen LogP contribution in [0.4, 0.5) is 5.82 Å². The van der Waals surface area contributed by atoms with Crippen molar-refractivity contribution in [1.29, 1.82) is 0 Å². The van der Waals surface area contributed by atoms with E-state index in [1.807, 2.05) is 21.6 Å². The van der Waals surface area contributed by atoms with Crippen LogP contribution in [0.5, 0.6) is 0 Å². The Bertz CT molecular complexity index is 542. The molecule has 0 aromatic carbocycles. The molecule has 0 fully saturated rings. The number of anilines is 1. The second kappa shape index (κ2) is 6.79. The Kier molecular flexibility index (Phi) is 5.62. The van der Waals surface area contributed by atoms with Gasteiger partial charge in [-0.25, -0.2) is 0 Å². The van der Waals surface area contributed by atoms with Crippen LogP contribution in [0, 0.1) is 6.92 Å². The predicted molar refractivity (Wildman–Crippen MR) is 84.5 cm³/mol. The molecule has 0 spiro atoms. The molecule has 0 amide bonds. The summed E-state index contributed by atoms with van der Waals surface area (Å²) in [4.78, 5) is 0. The van der Waals surface area contributed by atoms with Gasteiger partial charge in [0.15, 0.2) is 5.82 Å². The standard InChI is InChI=1S/C14H23N5.ClH/c1-10(2)18-9-12(5)14(17-18)15-8-13-6-7-16-19(13)11(3)4;/h6-7,9-11H,8H2,1-5H3,(H,15,17);1H. The van der Waals surface area contributed by atoms with Gasteiger partial charge in [-0.1, -0.05) is 0 Å². The zero-order valence-corrected chi connectivity index (χ0v) is 13.6. The van der Waals surface area contributed by atoms with Gasteiger partial charge in [-0.05, 0) is 40.7 Å². The molecule has 0 aliphatic carbocycles. The molecule has 0 saturated heterocycles. The number of aromatic nitrogens is 4. The van der Waals surface area contributed by atoms with E-state index in [-0.39, 0.29) is 12.4 Å². The third-order valence-electron chi connectivity index (χ3n) is 3.12. The molecule has 0 atom stereocenters. The van der Waals surface area contributed by atoms with Crippen molar-refractivity contribution in [3.8, 4) is 0 Å². The van der Waals surface area contributed by atoms with Gasteiger partial charge in [-0.15, -0.1) is 12.4 Å². The van der Waals surface area contributed by atoms with E-state index in [2.05, 4.69) is 56.3 Å². The first-order valence-corrected chi connectivity index (χ1v) is 6.81. The topological polar surface area (TPSA) is 47.7 Å². The molecule has 2 aromatic rings. The van der Waals surface area contributed by atoms with Gasteiger partial charge in [0.05, 0.1) is 12.2 Å². The quantitative estimate of drug-likeness (QED) is 0.917. The Balaban J connectivity index is 0.00000200. The van der Waals surface area contributed by atoms with Crippen LogP contribution < -0.4 is 5.32 Å². The van der Waals surface area contributed by atoms with E-state index in [9.17, 15) is 0 Å². The van der Waals surface area contributed by atoms with E-state index < -0.39 is 0 Å². The van der Waals surface area contributed by atoms with E-state index in [4.69, 9.17) is 0 Å². The van der Waals surface area contributed by atoms with Gasteiger partial charge in [-0.3, -0.25) is 9.36 Å². The van der Waals surface area contributed by atoms with Gasteiger partial charge in [0.2, 0.25) is 0 Å². The van der Waals surface area contributed by atoms with Gasteiger partial charge in [0.1, 0.15) is 0 Å². The number of rotatable bonds is 5. The molecule has 6 heteroatoms. The summed E-state index contributed by atoms with van der Waals surface area (Å²) in [6.07, 6.45) is 3.92. The highest BCUT2D eigenvalue weighted by molar-refractivity contribution is 5.85. The largest absolute Gasteiger partial charge is 0.363 e. The van der Waals surface area contributed by atoms with Gasteiger partial charge in [0, 0.05) is 30.0 Å². The lowest BCUT2D eigenvalue weighted by atomic mass is 10.3. The first-order chi connectivity index (χ1) is 8.99. The summed E-state index contributed by atoms with van der Waals surface area (Å²) in [5, 5.41) is 12.3. The van der Waals surface area contributed by atoms with Crippen molar-refractivity contribution in [2.75, 3.05) is 5.32 Å². The number of nitrogens with one attached hydrogen (secondary N) is 1. The molecule has 112 valence electrons. The van der Waals surface area contributed by atoms with Gasteiger partial charge >= 0.3 is 0 Å². The number of hydrogen-bond donors (Lipinski definition) is 1. The summed E-state index contributed by atoms with van der Waals surface area (Å²) >= 11 is 0. The SMILES string of the molecule is Cc1cn(C(C)C)nc1NCc1ccnn1C(C)C.Cl. The van der Waals surface area contributed by atoms with E-state index in [1.165, 1.54) is 11.3 Å². The van der Waals surface area contributed by atoms with Crippen molar-refractivity contribution in [2.45, 2.75) is 53.2 Å². The molecular weight excluding hydrogens is 274 g/mol. The van der Waals surface area contributed by atoms with Crippen LogP contribution in [-0.4, -0.2) is 19.6 Å². The fourth-order valence-corrected chi connectivity index (χ4v) is 2.04. The highest BCUT2D eigenvalue weighted by Gasteiger charge is 2.09.